The van der Waals surface area contributed by atoms with Crippen LogP contribution in [0.25, 0.3) is 0 Å². The number of nitrogens with one attached hydrogen (secondary N) is 1. The first-order valence-corrected chi connectivity index (χ1v) is 10.9. The number of carbonyl (C=O) groups is 3. The molecule has 1 N–H and O–H groups in total. The number of hydrazine groups is 1. The van der Waals surface area contributed by atoms with Crippen molar-refractivity contribution in [2.24, 2.45) is 0 Å². The first kappa shape index (κ1) is 24.7. The van der Waals surface area contributed by atoms with Crippen molar-refractivity contribution in [2.75, 3.05) is 42.5 Å². The van der Waals surface area contributed by atoms with Gasteiger partial charge in [-0.1, -0.05) is 0 Å². The fraction of sp³-hybridized carbons (Fsp3) is 0.591. The van der Waals surface area contributed by atoms with E-state index in [1.807, 2.05) is 0 Å². The Morgan fingerprint density at radius 2 is 1.85 bits per heavy atom. The van der Waals surface area contributed by atoms with Crippen LogP contribution in [0.15, 0.2) is 12.1 Å². The lowest BCUT2D eigenvalue weighted by molar-refractivity contribution is -0.117. The molecule has 0 unspecified atom stereocenters. The third-order valence-electron chi connectivity index (χ3n) is 5.21. The van der Waals surface area contributed by atoms with E-state index in [9.17, 15) is 14.4 Å². The Kier molecular flexibility index (Phi) is 7.41. The van der Waals surface area contributed by atoms with Gasteiger partial charge in [0.25, 0.3) is 0 Å². The molecule has 1 atom stereocenters. The minimum atomic E-state index is -0.823. The van der Waals surface area contributed by atoms with Crippen molar-refractivity contribution in [1.82, 2.24) is 10.4 Å². The van der Waals surface area contributed by atoms with Crippen LogP contribution >= 0.6 is 0 Å². The zero-order valence-corrected chi connectivity index (χ0v) is 19.3. The summed E-state index contributed by atoms with van der Waals surface area (Å²) in [6, 6.07) is 2.19. The Balaban J connectivity index is 1.70. The maximum absolute atomic E-state index is 15.0. The average molecular weight is 469 g/mol. The minimum Gasteiger partial charge on any atom is -0.444 e. The van der Waals surface area contributed by atoms with Gasteiger partial charge in [-0.05, 0) is 34.1 Å². The number of rotatable bonds is 5. The number of cyclic esters (lactones) is 1. The van der Waals surface area contributed by atoms with Crippen LogP contribution in [0.4, 0.5) is 29.7 Å². The largest absolute Gasteiger partial charge is 0.444 e. The molecular weight excluding hydrogens is 438 g/mol. The molecule has 9 nitrogen and oxygen atoms in total. The molecule has 0 saturated carbocycles. The van der Waals surface area contributed by atoms with Crippen LogP contribution in [0.2, 0.25) is 0 Å². The predicted molar refractivity (Wildman–Crippen MR) is 117 cm³/mol. The highest BCUT2D eigenvalue weighted by Crippen LogP contribution is 2.31. The van der Waals surface area contributed by atoms with E-state index in [-0.39, 0.29) is 56.3 Å². The molecule has 0 aromatic heterocycles. The van der Waals surface area contributed by atoms with Gasteiger partial charge in [0.2, 0.25) is 0 Å². The summed E-state index contributed by atoms with van der Waals surface area (Å²) in [5.74, 6) is -1.67. The van der Waals surface area contributed by atoms with Gasteiger partial charge < -0.3 is 19.2 Å². The fourth-order valence-corrected chi connectivity index (χ4v) is 3.68. The topological polar surface area (TPSA) is 91.4 Å². The Bertz CT molecular complexity index is 898. The van der Waals surface area contributed by atoms with Crippen LogP contribution in [0, 0.1) is 11.6 Å². The molecule has 2 saturated heterocycles. The van der Waals surface area contributed by atoms with E-state index in [1.54, 1.807) is 20.8 Å². The second kappa shape index (κ2) is 9.90. The molecule has 2 heterocycles. The molecule has 182 valence electrons. The summed E-state index contributed by atoms with van der Waals surface area (Å²) in [7, 11) is 0. The average Bonchev–Trinajstić information content (AvgIpc) is 2.90. The van der Waals surface area contributed by atoms with Crippen molar-refractivity contribution in [3.8, 4) is 0 Å². The molecule has 2 aliphatic rings. The Labute approximate surface area is 191 Å². The molecule has 2 fully saturated rings. The number of hydrogen-bond acceptors (Lipinski definition) is 7. The number of ether oxygens (including phenoxy) is 2. The third kappa shape index (κ3) is 6.31. The molecular formula is C22H30F2N4O5. The van der Waals surface area contributed by atoms with Gasteiger partial charge in [-0.25, -0.2) is 28.8 Å². The molecule has 0 aliphatic carbocycles. The molecule has 2 amide bonds. The molecule has 0 spiro atoms. The lowest BCUT2D eigenvalue weighted by Gasteiger charge is -2.27. The molecule has 33 heavy (non-hydrogen) atoms. The van der Waals surface area contributed by atoms with Gasteiger partial charge in [0.1, 0.15) is 23.2 Å². The second-order valence-electron chi connectivity index (χ2n) is 9.14. The van der Waals surface area contributed by atoms with E-state index < -0.39 is 35.5 Å². The normalized spacial score (nSPS) is 19.4. The second-order valence-corrected chi connectivity index (χ2v) is 9.14. The fourth-order valence-electron chi connectivity index (χ4n) is 3.68. The maximum atomic E-state index is 15.0. The predicted octanol–water partition coefficient (Wildman–Crippen LogP) is 3.22. The quantitative estimate of drug-likeness (QED) is 0.710. The summed E-state index contributed by atoms with van der Waals surface area (Å²) in [6.45, 7) is 7.69. The van der Waals surface area contributed by atoms with Crippen LogP contribution in [0.1, 0.15) is 40.5 Å². The zero-order chi connectivity index (χ0) is 24.3. The molecule has 2 aliphatic heterocycles. The van der Waals surface area contributed by atoms with Crippen molar-refractivity contribution in [1.29, 1.82) is 0 Å². The van der Waals surface area contributed by atoms with Gasteiger partial charge in [-0.15, -0.1) is 0 Å². The minimum absolute atomic E-state index is 0.0249. The van der Waals surface area contributed by atoms with Gasteiger partial charge in [0.15, 0.2) is 11.6 Å². The first-order valence-electron chi connectivity index (χ1n) is 10.9. The highest BCUT2D eigenvalue weighted by Gasteiger charge is 2.34. The van der Waals surface area contributed by atoms with Gasteiger partial charge in [0, 0.05) is 38.2 Å². The van der Waals surface area contributed by atoms with E-state index in [1.165, 1.54) is 16.8 Å². The van der Waals surface area contributed by atoms with Crippen molar-refractivity contribution >= 4 is 29.3 Å². The van der Waals surface area contributed by atoms with Crippen LogP contribution < -0.4 is 15.2 Å². The number of hydrogen-bond donors (Lipinski definition) is 1. The Hall–Kier alpha value is -2.95. The van der Waals surface area contributed by atoms with Crippen molar-refractivity contribution in [3.05, 3.63) is 23.8 Å². The summed E-state index contributed by atoms with van der Waals surface area (Å²) >= 11 is 0. The maximum Gasteiger partial charge on any atom is 0.424 e. The molecule has 0 radical (unpaired) electrons. The lowest BCUT2D eigenvalue weighted by Crippen LogP contribution is -2.46. The summed E-state index contributed by atoms with van der Waals surface area (Å²) in [5, 5.41) is 1.29. The highest BCUT2D eigenvalue weighted by molar-refractivity contribution is 5.90. The van der Waals surface area contributed by atoms with E-state index in [0.717, 1.165) is 17.0 Å². The van der Waals surface area contributed by atoms with Crippen molar-refractivity contribution < 1.29 is 32.6 Å². The Morgan fingerprint density at radius 3 is 2.45 bits per heavy atom. The van der Waals surface area contributed by atoms with Crippen LogP contribution in [-0.4, -0.2) is 67.4 Å². The van der Waals surface area contributed by atoms with E-state index in [4.69, 9.17) is 9.47 Å². The van der Waals surface area contributed by atoms with E-state index in [0.29, 0.717) is 6.42 Å². The van der Waals surface area contributed by atoms with Gasteiger partial charge >= 0.3 is 12.2 Å². The van der Waals surface area contributed by atoms with Crippen LogP contribution in [-0.2, 0) is 14.3 Å². The monoisotopic (exact) mass is 468 g/mol. The van der Waals surface area contributed by atoms with Crippen molar-refractivity contribution in [3.63, 3.8) is 0 Å². The molecule has 1 aromatic carbocycles. The number of benzene rings is 1. The smallest absolute Gasteiger partial charge is 0.424 e. The summed E-state index contributed by atoms with van der Waals surface area (Å²) in [6.07, 6.45) is -1.16. The summed E-state index contributed by atoms with van der Waals surface area (Å²) in [4.78, 5) is 38.3. The van der Waals surface area contributed by atoms with E-state index in [2.05, 4.69) is 5.43 Å². The number of halogens is 2. The van der Waals surface area contributed by atoms with Crippen LogP contribution in [0.3, 0.4) is 0 Å². The number of carbonyl (C=O) groups excluding carboxylic acids is 3. The van der Waals surface area contributed by atoms with E-state index >= 15 is 8.78 Å². The number of nitrogens with zero attached hydrogens (tertiary/aromatic N) is 3. The molecule has 3 rings (SSSR count). The van der Waals surface area contributed by atoms with Gasteiger partial charge in [-0.3, -0.25) is 4.90 Å². The summed E-state index contributed by atoms with van der Waals surface area (Å²) < 4.78 is 40.6. The zero-order valence-electron chi connectivity index (χ0n) is 19.3. The van der Waals surface area contributed by atoms with Crippen molar-refractivity contribution in [2.45, 2.75) is 52.2 Å². The number of ketones is 1. The molecule has 1 aromatic rings. The van der Waals surface area contributed by atoms with Crippen LogP contribution in [0.5, 0.6) is 0 Å². The highest BCUT2D eigenvalue weighted by atomic mass is 19.1. The third-order valence-corrected chi connectivity index (χ3v) is 5.21. The standard InChI is InChI=1S/C22H30F2N4O5/c1-14(29)5-6-16-13-27(20(30)32-16)15-11-17(23)19(18(24)12-15)26-8-7-25-28(10-9-26)21(31)33-22(2,3)4/h11-12,16,25H,5-10,13H2,1-4H3/t16-/m0/s1. The van der Waals surface area contributed by atoms with Gasteiger partial charge in [0.05, 0.1) is 18.8 Å². The number of amides is 2. The Morgan fingerprint density at radius 1 is 1.18 bits per heavy atom. The SMILES string of the molecule is CC(=O)CC[C@H]1CN(c2cc(F)c(N3CCNN(C(=O)OC(C)(C)C)CC3)c(F)c2)C(=O)O1. The first-order chi connectivity index (χ1) is 15.4. The number of anilines is 2. The lowest BCUT2D eigenvalue weighted by atomic mass is 10.1. The van der Waals surface area contributed by atoms with Gasteiger partial charge in [-0.2, -0.15) is 0 Å². The summed E-state index contributed by atoms with van der Waals surface area (Å²) in [5.41, 5.74) is 2.06. The molecule has 11 heteroatoms. The molecule has 0 bridgehead atoms. The number of Topliss-reactive ketones (excluding diaryl/α,β-unsaturated/α-hetero) is 1.